The van der Waals surface area contributed by atoms with E-state index in [4.69, 9.17) is 14.2 Å². The summed E-state index contributed by atoms with van der Waals surface area (Å²) in [6, 6.07) is 0. The lowest BCUT2D eigenvalue weighted by atomic mass is 9.57. The molecule has 9 atom stereocenters. The van der Waals surface area contributed by atoms with Crippen LogP contribution in [0.15, 0.2) is 23.8 Å². The van der Waals surface area contributed by atoms with Crippen LogP contribution in [-0.4, -0.2) is 63.2 Å². The van der Waals surface area contributed by atoms with E-state index >= 15 is 0 Å². The van der Waals surface area contributed by atoms with Crippen molar-refractivity contribution in [3.05, 3.63) is 23.8 Å². The third-order valence-electron chi connectivity index (χ3n) is 8.49. The predicted molar refractivity (Wildman–Crippen MR) is 96.9 cm³/mol. The van der Waals surface area contributed by atoms with Crippen LogP contribution in [0.5, 0.6) is 0 Å². The van der Waals surface area contributed by atoms with Crippen molar-refractivity contribution in [1.82, 2.24) is 0 Å². The van der Waals surface area contributed by atoms with E-state index in [0.717, 1.165) is 30.4 Å². The van der Waals surface area contributed by atoms with E-state index in [0.29, 0.717) is 5.92 Å². The lowest BCUT2D eigenvalue weighted by Crippen LogP contribution is -2.67. The van der Waals surface area contributed by atoms with Gasteiger partial charge in [0.05, 0.1) is 6.61 Å². The molecular weight excluding hydrogens is 364 g/mol. The Kier molecular flexibility index (Phi) is 3.53. The molecule has 3 heterocycles. The smallest absolute Gasteiger partial charge is 0.345 e. The largest absolute Gasteiger partial charge is 0.446 e. The van der Waals surface area contributed by atoms with Crippen molar-refractivity contribution in [2.75, 3.05) is 6.61 Å². The maximum Gasteiger partial charge on any atom is 0.345 e. The highest BCUT2D eigenvalue weighted by Gasteiger charge is 2.90. The minimum atomic E-state index is -2.36. The molecule has 2 aliphatic carbocycles. The number of esters is 1. The Bertz CT molecular complexity index is 807. The van der Waals surface area contributed by atoms with Gasteiger partial charge in [0.1, 0.15) is 12.2 Å². The molecule has 154 valence electrons. The Hall–Kier alpha value is -1.25. The lowest BCUT2D eigenvalue weighted by Gasteiger charge is -2.49. The second-order valence-corrected chi connectivity index (χ2v) is 9.47. The topological polar surface area (TPSA) is 105 Å². The van der Waals surface area contributed by atoms with Gasteiger partial charge in [-0.1, -0.05) is 24.6 Å². The first-order valence-corrected chi connectivity index (χ1v) is 10.0. The average molecular weight is 392 g/mol. The molecule has 1 saturated carbocycles. The highest BCUT2D eigenvalue weighted by atomic mass is 16.8. The molecule has 7 heteroatoms. The summed E-state index contributed by atoms with van der Waals surface area (Å²) in [6.07, 6.45) is 1.53. The Labute approximate surface area is 164 Å². The van der Waals surface area contributed by atoms with Crippen LogP contribution in [0.3, 0.4) is 0 Å². The molecule has 5 aliphatic rings. The summed E-state index contributed by atoms with van der Waals surface area (Å²) in [5, 5.41) is 32.4. The van der Waals surface area contributed by atoms with Crippen molar-refractivity contribution in [2.24, 2.45) is 17.3 Å². The van der Waals surface area contributed by atoms with Gasteiger partial charge < -0.3 is 29.5 Å². The van der Waals surface area contributed by atoms with Gasteiger partial charge in [-0.25, -0.2) is 4.79 Å². The fraction of sp³-hybridized carbons (Fsp3) is 0.762. The Morgan fingerprint density at radius 2 is 2.07 bits per heavy atom. The van der Waals surface area contributed by atoms with E-state index in [1.54, 1.807) is 6.08 Å². The van der Waals surface area contributed by atoms with E-state index in [-0.39, 0.29) is 11.3 Å². The normalized spacial score (nSPS) is 56.6. The molecule has 28 heavy (non-hydrogen) atoms. The van der Waals surface area contributed by atoms with Crippen LogP contribution in [0.25, 0.3) is 0 Å². The Morgan fingerprint density at radius 3 is 2.68 bits per heavy atom. The molecule has 0 aromatic rings. The maximum atomic E-state index is 12.7. The van der Waals surface area contributed by atoms with Crippen LogP contribution in [0.1, 0.15) is 40.0 Å². The van der Waals surface area contributed by atoms with Crippen LogP contribution in [0.4, 0.5) is 0 Å². The van der Waals surface area contributed by atoms with Crippen LogP contribution >= 0.6 is 0 Å². The van der Waals surface area contributed by atoms with Gasteiger partial charge in [0.25, 0.3) is 0 Å². The Morgan fingerprint density at radius 1 is 1.36 bits per heavy atom. The molecular formula is C21H28O7. The number of carbonyl (C=O) groups excluding carboxylic acids is 1. The summed E-state index contributed by atoms with van der Waals surface area (Å²) in [7, 11) is 0. The van der Waals surface area contributed by atoms with Crippen molar-refractivity contribution >= 4 is 5.97 Å². The molecule has 0 radical (unpaired) electrons. The molecule has 7 nitrogen and oxygen atoms in total. The first-order chi connectivity index (χ1) is 13.1. The molecule has 0 amide bonds. The molecule has 3 N–H and O–H groups in total. The summed E-state index contributed by atoms with van der Waals surface area (Å²) in [6.45, 7) is 9.61. The zero-order valence-corrected chi connectivity index (χ0v) is 16.5. The lowest BCUT2D eigenvalue weighted by molar-refractivity contribution is -0.181. The molecule has 0 bridgehead atoms. The molecule has 3 saturated heterocycles. The van der Waals surface area contributed by atoms with Crippen molar-refractivity contribution < 1.29 is 34.3 Å². The third kappa shape index (κ3) is 1.66. The van der Waals surface area contributed by atoms with Gasteiger partial charge in [-0.05, 0) is 56.4 Å². The number of aliphatic hydroxyl groups is 3. The van der Waals surface area contributed by atoms with Crippen LogP contribution < -0.4 is 0 Å². The zero-order valence-electron chi connectivity index (χ0n) is 16.5. The minimum Gasteiger partial charge on any atom is -0.446 e. The van der Waals surface area contributed by atoms with E-state index in [2.05, 4.69) is 20.4 Å². The summed E-state index contributed by atoms with van der Waals surface area (Å²) in [5.74, 6) is -0.618. The highest BCUT2D eigenvalue weighted by Crippen LogP contribution is 2.68. The van der Waals surface area contributed by atoms with Gasteiger partial charge in [0, 0.05) is 0 Å². The fourth-order valence-corrected chi connectivity index (χ4v) is 6.76. The highest BCUT2D eigenvalue weighted by molar-refractivity contribution is 5.88. The summed E-state index contributed by atoms with van der Waals surface area (Å²) >= 11 is 0. The van der Waals surface area contributed by atoms with Gasteiger partial charge in [-0.15, -0.1) is 0 Å². The SMILES string of the molecule is C=C(C)[C@@H]1CC[C@@]2(C1)C(C)=C[C@@]13OC(=O)[C@@]4(O)[C@@H](CO)O[C@@H](O[C@@H]1[C@H]2C)[C@]43O. The zero-order chi connectivity index (χ0) is 20.3. The number of hydrogen-bond donors (Lipinski definition) is 3. The van der Waals surface area contributed by atoms with Crippen LogP contribution in [0.2, 0.25) is 0 Å². The first-order valence-electron chi connectivity index (χ1n) is 10.0. The van der Waals surface area contributed by atoms with E-state index in [9.17, 15) is 20.1 Å². The molecule has 3 aliphatic heterocycles. The van der Waals surface area contributed by atoms with Crippen LogP contribution in [0, 0.1) is 17.3 Å². The summed E-state index contributed by atoms with van der Waals surface area (Å²) in [4.78, 5) is 12.7. The Balaban J connectivity index is 1.65. The first kappa shape index (κ1) is 18.8. The quantitative estimate of drug-likeness (QED) is 0.472. The fourth-order valence-electron chi connectivity index (χ4n) is 6.76. The van der Waals surface area contributed by atoms with E-state index in [1.165, 1.54) is 0 Å². The monoisotopic (exact) mass is 392 g/mol. The standard InChI is InChI=1S/C21H28O7/c1-10(2)13-5-6-18(8-13)11(3)7-19-15(12(18)4)27-17-21(19,25)20(24,16(23)28-19)14(9-22)26-17/h7,12-15,17,22,24-25H,1,5-6,8-9H2,2-4H3/t12-,13-,14-,15-,17+,18-,19-,20+,21-/m1/s1. The van der Waals surface area contributed by atoms with Gasteiger partial charge in [-0.3, -0.25) is 0 Å². The number of aliphatic hydroxyl groups excluding tert-OH is 1. The van der Waals surface area contributed by atoms with Gasteiger partial charge in [0.2, 0.25) is 11.2 Å². The number of carbonyl (C=O) groups is 1. The predicted octanol–water partition coefficient (Wildman–Crippen LogP) is 0.819. The molecule has 2 spiro atoms. The van der Waals surface area contributed by atoms with E-state index < -0.39 is 47.9 Å². The molecule has 0 aromatic carbocycles. The number of ether oxygens (including phenoxy) is 3. The molecule has 0 aromatic heterocycles. The van der Waals surface area contributed by atoms with Gasteiger partial charge >= 0.3 is 5.97 Å². The minimum absolute atomic E-state index is 0.0669. The number of allylic oxidation sites excluding steroid dienone is 2. The number of hydrogen-bond acceptors (Lipinski definition) is 7. The van der Waals surface area contributed by atoms with Gasteiger partial charge in [-0.2, -0.15) is 0 Å². The maximum absolute atomic E-state index is 12.7. The summed E-state index contributed by atoms with van der Waals surface area (Å²) in [5.41, 5.74) is -3.93. The van der Waals surface area contributed by atoms with Crippen molar-refractivity contribution in [2.45, 2.75) is 75.3 Å². The molecule has 0 unspecified atom stereocenters. The van der Waals surface area contributed by atoms with Crippen molar-refractivity contribution in [1.29, 1.82) is 0 Å². The van der Waals surface area contributed by atoms with E-state index in [1.807, 2.05) is 6.92 Å². The molecule has 4 fully saturated rings. The average Bonchev–Trinajstić information content (AvgIpc) is 3.29. The van der Waals surface area contributed by atoms with Crippen molar-refractivity contribution in [3.63, 3.8) is 0 Å². The van der Waals surface area contributed by atoms with Crippen molar-refractivity contribution in [3.8, 4) is 0 Å². The molecule has 5 rings (SSSR count). The van der Waals surface area contributed by atoms with Gasteiger partial charge in [0.15, 0.2) is 11.9 Å². The third-order valence-corrected chi connectivity index (χ3v) is 8.49. The summed E-state index contributed by atoms with van der Waals surface area (Å²) < 4.78 is 17.4. The second-order valence-electron chi connectivity index (χ2n) is 9.47. The second kappa shape index (κ2) is 5.26. The van der Waals surface area contributed by atoms with Crippen LogP contribution in [-0.2, 0) is 19.0 Å². The number of rotatable bonds is 2.